The maximum atomic E-state index is 12.5. The highest BCUT2D eigenvalue weighted by Crippen LogP contribution is 2.13. The maximum absolute atomic E-state index is 12.5. The van der Waals surface area contributed by atoms with Crippen molar-refractivity contribution in [3.05, 3.63) is 72.9 Å². The number of carbonyl (C=O) groups is 1. The van der Waals surface area contributed by atoms with Crippen molar-refractivity contribution < 1.29 is 22.9 Å². The van der Waals surface area contributed by atoms with Crippen molar-refractivity contribution in [2.45, 2.75) is 193 Å². The van der Waals surface area contributed by atoms with Crippen LogP contribution in [0, 0.1) is 0 Å². The van der Waals surface area contributed by atoms with Crippen LogP contribution in [0.2, 0.25) is 0 Å². The van der Waals surface area contributed by atoms with Gasteiger partial charge in [-0.05, 0) is 70.6 Å². The number of carbonyl (C=O) groups excluding carboxylic acids is 1. The third-order valence-electron chi connectivity index (χ3n) is 8.87. The molecule has 7 heteroatoms. The third kappa shape index (κ3) is 38.8. The lowest BCUT2D eigenvalue weighted by Crippen LogP contribution is -2.46. The molecule has 0 rings (SSSR count). The molecule has 3 N–H and O–H groups in total. The van der Waals surface area contributed by atoms with Crippen LogP contribution in [0.3, 0.4) is 0 Å². The summed E-state index contributed by atoms with van der Waals surface area (Å²) < 4.78 is 32.5. The number of aliphatic hydroxyl groups excluding tert-OH is 1. The number of hydrogen-bond donors (Lipinski definition) is 3. The first-order valence-corrected chi connectivity index (χ1v) is 22.2. The van der Waals surface area contributed by atoms with E-state index >= 15 is 0 Å². The van der Waals surface area contributed by atoms with Gasteiger partial charge in [-0.25, -0.2) is 0 Å². The Hall–Kier alpha value is -2.22. The van der Waals surface area contributed by atoms with E-state index in [1.165, 1.54) is 89.5 Å². The van der Waals surface area contributed by atoms with Gasteiger partial charge in [0.15, 0.2) is 0 Å². The summed E-state index contributed by atoms with van der Waals surface area (Å²) >= 11 is 0. The van der Waals surface area contributed by atoms with Crippen LogP contribution in [0.25, 0.3) is 0 Å². The monoisotopic (exact) mass is 732 g/mol. The minimum absolute atomic E-state index is 0.275. The fraction of sp³-hybridized carbons (Fsp3) is 0.705. The highest BCUT2D eigenvalue weighted by molar-refractivity contribution is 7.85. The minimum Gasteiger partial charge on any atom is -0.387 e. The molecule has 0 bridgehead atoms. The lowest BCUT2D eigenvalue weighted by atomic mass is 10.1. The van der Waals surface area contributed by atoms with Crippen molar-refractivity contribution in [2.24, 2.45) is 0 Å². The Morgan fingerprint density at radius 1 is 0.549 bits per heavy atom. The van der Waals surface area contributed by atoms with Gasteiger partial charge in [0.05, 0.1) is 17.9 Å². The van der Waals surface area contributed by atoms with E-state index in [1.807, 2.05) is 0 Å². The second-order valence-electron chi connectivity index (χ2n) is 13.9. The molecule has 0 saturated carbocycles. The molecule has 0 radical (unpaired) electrons. The van der Waals surface area contributed by atoms with E-state index in [9.17, 15) is 22.9 Å². The topological polar surface area (TPSA) is 104 Å². The average Bonchev–Trinajstić information content (AvgIpc) is 3.09. The summed E-state index contributed by atoms with van der Waals surface area (Å²) in [7, 11) is -4.36. The first-order valence-electron chi connectivity index (χ1n) is 20.6. The van der Waals surface area contributed by atoms with E-state index in [-0.39, 0.29) is 12.3 Å². The van der Waals surface area contributed by atoms with Gasteiger partial charge in [0.25, 0.3) is 10.1 Å². The molecule has 0 fully saturated rings. The average molecular weight is 732 g/mol. The number of nitrogens with one attached hydrogen (secondary N) is 1. The summed E-state index contributed by atoms with van der Waals surface area (Å²) in [5.74, 6) is -1.02. The third-order valence-corrected chi connectivity index (χ3v) is 9.65. The SMILES string of the molecule is CC/C=C\C/C=C\C/C=C\C/C=C\CCCCCCCCCCC(=O)NC(CS(=O)(=O)O)C(O)/C=C/CC/C=C/CCCCCCCCCCC. The number of aliphatic hydroxyl groups is 1. The number of unbranched alkanes of at least 4 members (excludes halogenated alkanes) is 18. The maximum Gasteiger partial charge on any atom is 0.267 e. The van der Waals surface area contributed by atoms with Crippen molar-refractivity contribution in [2.75, 3.05) is 5.75 Å². The van der Waals surface area contributed by atoms with Crippen LogP contribution in [0.4, 0.5) is 0 Å². The zero-order valence-electron chi connectivity index (χ0n) is 32.7. The van der Waals surface area contributed by atoms with Crippen LogP contribution in [0.1, 0.15) is 181 Å². The van der Waals surface area contributed by atoms with E-state index in [0.29, 0.717) is 12.8 Å². The Balaban J connectivity index is 3.98. The molecule has 0 aromatic heterocycles. The van der Waals surface area contributed by atoms with E-state index in [0.717, 1.165) is 64.2 Å². The molecule has 2 atom stereocenters. The predicted octanol–water partition coefficient (Wildman–Crippen LogP) is 12.2. The molecule has 0 heterocycles. The Labute approximate surface area is 314 Å². The fourth-order valence-corrected chi connectivity index (χ4v) is 6.54. The molecule has 0 spiro atoms. The van der Waals surface area contributed by atoms with Gasteiger partial charge in [-0.1, -0.05) is 177 Å². The van der Waals surface area contributed by atoms with Gasteiger partial charge in [0.2, 0.25) is 5.91 Å². The van der Waals surface area contributed by atoms with Crippen molar-refractivity contribution in [3.8, 4) is 0 Å². The van der Waals surface area contributed by atoms with Crippen molar-refractivity contribution in [1.82, 2.24) is 5.32 Å². The summed E-state index contributed by atoms with van der Waals surface area (Å²) in [6.07, 6.45) is 53.1. The van der Waals surface area contributed by atoms with E-state index in [2.05, 4.69) is 79.9 Å². The molecule has 0 aliphatic heterocycles. The summed E-state index contributed by atoms with van der Waals surface area (Å²) in [5.41, 5.74) is 0. The number of amides is 1. The van der Waals surface area contributed by atoms with Crippen molar-refractivity contribution >= 4 is 16.0 Å². The van der Waals surface area contributed by atoms with Gasteiger partial charge in [0.1, 0.15) is 0 Å². The second kappa shape index (κ2) is 37.5. The summed E-state index contributed by atoms with van der Waals surface area (Å²) in [6.45, 7) is 4.40. The van der Waals surface area contributed by atoms with Crippen LogP contribution in [-0.4, -0.2) is 41.9 Å². The standard InChI is InChI=1S/C44H77NO5S/c1-3-5-7-9-11-13-15-17-19-20-21-22-23-24-26-28-30-32-34-36-38-40-44(47)45-42(41-51(48,49)50)43(46)39-37-35-33-31-29-27-25-18-16-14-12-10-8-6-4-2/h5,7,11,13,17,19,21-22,29,31,37,39,42-43,46H,3-4,6,8-10,12,14-16,18,20,23-28,30,32-36,38,40-41H2,1-2H3,(H,45,47)(H,48,49,50)/b7-5-,13-11-,19-17-,22-21-,31-29+,39-37+. The van der Waals surface area contributed by atoms with Crippen molar-refractivity contribution in [1.29, 1.82) is 0 Å². The Kier molecular flexibility index (Phi) is 35.9. The smallest absolute Gasteiger partial charge is 0.267 e. The molecular weight excluding hydrogens is 655 g/mol. The van der Waals surface area contributed by atoms with E-state index in [4.69, 9.17) is 0 Å². The van der Waals surface area contributed by atoms with Crippen molar-refractivity contribution in [3.63, 3.8) is 0 Å². The molecule has 0 saturated heterocycles. The minimum atomic E-state index is -4.36. The lowest BCUT2D eigenvalue weighted by Gasteiger charge is -2.21. The molecule has 6 nitrogen and oxygen atoms in total. The molecule has 0 aliphatic carbocycles. The zero-order chi connectivity index (χ0) is 37.5. The van der Waals surface area contributed by atoms with Gasteiger partial charge in [0, 0.05) is 6.42 Å². The molecule has 2 unspecified atom stereocenters. The Bertz CT molecular complexity index is 1070. The normalized spacial score (nSPS) is 14.0. The van der Waals surface area contributed by atoms with E-state index < -0.39 is 28.0 Å². The van der Waals surface area contributed by atoms with Gasteiger partial charge in [-0.15, -0.1) is 0 Å². The van der Waals surface area contributed by atoms with Crippen LogP contribution in [0.5, 0.6) is 0 Å². The Morgan fingerprint density at radius 3 is 1.47 bits per heavy atom. The molecular formula is C44H77NO5S. The van der Waals surface area contributed by atoms with Gasteiger partial charge >= 0.3 is 0 Å². The summed E-state index contributed by atoms with van der Waals surface area (Å²) in [6, 6.07) is -1.08. The highest BCUT2D eigenvalue weighted by atomic mass is 32.2. The quantitative estimate of drug-likeness (QED) is 0.0338. The summed E-state index contributed by atoms with van der Waals surface area (Å²) in [4.78, 5) is 12.5. The molecule has 1 amide bonds. The van der Waals surface area contributed by atoms with E-state index in [1.54, 1.807) is 6.08 Å². The first kappa shape index (κ1) is 48.8. The second-order valence-corrected chi connectivity index (χ2v) is 15.4. The zero-order valence-corrected chi connectivity index (χ0v) is 33.5. The Morgan fingerprint density at radius 2 is 0.961 bits per heavy atom. The predicted molar refractivity (Wildman–Crippen MR) is 221 cm³/mol. The first-order chi connectivity index (χ1) is 24.8. The number of hydrogen-bond acceptors (Lipinski definition) is 4. The fourth-order valence-electron chi connectivity index (χ4n) is 5.81. The molecule has 294 valence electrons. The van der Waals surface area contributed by atoms with Crippen LogP contribution in [0.15, 0.2) is 72.9 Å². The molecule has 0 aliphatic rings. The van der Waals surface area contributed by atoms with Gasteiger partial charge in [-0.3, -0.25) is 9.35 Å². The summed E-state index contributed by atoms with van der Waals surface area (Å²) in [5, 5.41) is 13.2. The largest absolute Gasteiger partial charge is 0.387 e. The highest BCUT2D eigenvalue weighted by Gasteiger charge is 2.24. The van der Waals surface area contributed by atoms with Gasteiger partial charge in [-0.2, -0.15) is 8.42 Å². The molecule has 0 aromatic rings. The van der Waals surface area contributed by atoms with Crippen LogP contribution >= 0.6 is 0 Å². The molecule has 51 heavy (non-hydrogen) atoms. The van der Waals surface area contributed by atoms with Gasteiger partial charge < -0.3 is 10.4 Å². The number of rotatable bonds is 36. The van der Waals surface area contributed by atoms with Crippen LogP contribution < -0.4 is 5.32 Å². The van der Waals surface area contributed by atoms with Crippen LogP contribution in [-0.2, 0) is 14.9 Å². The molecule has 0 aromatic carbocycles. The number of allylic oxidation sites excluding steroid dienone is 11. The lowest BCUT2D eigenvalue weighted by molar-refractivity contribution is -0.122.